The zero-order valence-corrected chi connectivity index (χ0v) is 14.2. The summed E-state index contributed by atoms with van der Waals surface area (Å²) in [4.78, 5) is 0. The number of allylic oxidation sites excluding steroid dienone is 1. The van der Waals surface area contributed by atoms with Crippen LogP contribution in [-0.4, -0.2) is 5.71 Å². The Labute approximate surface area is 143 Å². The molecule has 0 heterocycles. The van der Waals surface area contributed by atoms with Crippen LogP contribution in [0.25, 0.3) is 12.2 Å². The molecule has 0 atom stereocenters. The Bertz CT molecular complexity index is 804. The number of nitrogen functional groups attached to an aromatic ring is 1. The van der Waals surface area contributed by atoms with Crippen LogP contribution in [0, 0.1) is 11.2 Å². The Kier molecular flexibility index (Phi) is 5.69. The summed E-state index contributed by atoms with van der Waals surface area (Å²) in [5.41, 5.74) is 11.3. The number of nitrogens with two attached hydrogens (primary N) is 1. The molecule has 24 heavy (non-hydrogen) atoms. The molecular weight excluding hydrogens is 299 g/mol. The lowest BCUT2D eigenvalue weighted by molar-refractivity contribution is 0.612. The third-order valence-corrected chi connectivity index (χ3v) is 4.12. The minimum Gasteiger partial charge on any atom is -0.398 e. The van der Waals surface area contributed by atoms with Crippen LogP contribution in [0.4, 0.5) is 10.1 Å². The molecule has 0 aliphatic heterocycles. The van der Waals surface area contributed by atoms with Crippen molar-refractivity contribution in [3.05, 3.63) is 76.6 Å². The van der Waals surface area contributed by atoms with Gasteiger partial charge in [-0.05, 0) is 59.4 Å². The van der Waals surface area contributed by atoms with Crippen LogP contribution in [0.3, 0.4) is 0 Å². The van der Waals surface area contributed by atoms with Crippen molar-refractivity contribution in [2.45, 2.75) is 26.7 Å². The molecule has 0 radical (unpaired) electrons. The van der Waals surface area contributed by atoms with Gasteiger partial charge in [-0.1, -0.05) is 44.7 Å². The summed E-state index contributed by atoms with van der Waals surface area (Å²) < 4.78 is 13.6. The number of hydrogen-bond donors (Lipinski definition) is 2. The molecule has 2 nitrogen and oxygen atoms in total. The Morgan fingerprint density at radius 2 is 1.96 bits per heavy atom. The Hall–Kier alpha value is -2.68. The number of nitrogens with one attached hydrogen (secondary N) is 1. The summed E-state index contributed by atoms with van der Waals surface area (Å²) in [7, 11) is 0. The van der Waals surface area contributed by atoms with Crippen LogP contribution in [0.1, 0.15) is 41.7 Å². The normalized spacial score (nSPS) is 11.0. The van der Waals surface area contributed by atoms with Gasteiger partial charge in [0.15, 0.2) is 0 Å². The van der Waals surface area contributed by atoms with Crippen molar-refractivity contribution in [3.8, 4) is 0 Å². The highest BCUT2D eigenvalue weighted by Gasteiger charge is 2.12. The highest BCUT2D eigenvalue weighted by atomic mass is 19.1. The summed E-state index contributed by atoms with van der Waals surface area (Å²) in [6.07, 6.45) is 6.73. The van der Waals surface area contributed by atoms with E-state index >= 15 is 0 Å². The maximum absolute atomic E-state index is 13.6. The van der Waals surface area contributed by atoms with Crippen molar-refractivity contribution in [1.82, 2.24) is 0 Å². The predicted octanol–water partition coefficient (Wildman–Crippen LogP) is 5.26. The monoisotopic (exact) mass is 322 g/mol. The maximum Gasteiger partial charge on any atom is 0.126 e. The van der Waals surface area contributed by atoms with Crippen molar-refractivity contribution in [1.29, 1.82) is 5.41 Å². The van der Waals surface area contributed by atoms with Crippen LogP contribution >= 0.6 is 0 Å². The van der Waals surface area contributed by atoms with Gasteiger partial charge >= 0.3 is 0 Å². The second-order valence-corrected chi connectivity index (χ2v) is 5.61. The zero-order valence-electron chi connectivity index (χ0n) is 14.2. The van der Waals surface area contributed by atoms with Crippen LogP contribution < -0.4 is 5.73 Å². The van der Waals surface area contributed by atoms with Crippen molar-refractivity contribution < 1.29 is 4.39 Å². The lowest BCUT2D eigenvalue weighted by Crippen LogP contribution is -2.07. The molecule has 3 N–H and O–H groups in total. The molecule has 0 unspecified atom stereocenters. The van der Waals surface area contributed by atoms with Crippen LogP contribution in [0.15, 0.2) is 43.0 Å². The molecule has 2 aromatic rings. The van der Waals surface area contributed by atoms with E-state index in [1.54, 1.807) is 24.3 Å². The SMILES string of the molecule is C=Cc1ccc(N)c(C(=N)/C=C/c2ccc(F)c(CC)c2)c1CC. The summed E-state index contributed by atoms with van der Waals surface area (Å²) in [5, 5.41) is 8.40. The fourth-order valence-corrected chi connectivity index (χ4v) is 2.80. The van der Waals surface area contributed by atoms with Crippen molar-refractivity contribution >= 4 is 23.6 Å². The lowest BCUT2D eigenvalue weighted by Gasteiger charge is -2.13. The van der Waals surface area contributed by atoms with Gasteiger partial charge in [0.25, 0.3) is 0 Å². The number of anilines is 1. The van der Waals surface area contributed by atoms with Crippen molar-refractivity contribution in [2.75, 3.05) is 5.73 Å². The average Bonchev–Trinajstić information content (AvgIpc) is 2.60. The van der Waals surface area contributed by atoms with Gasteiger partial charge in [0.1, 0.15) is 5.82 Å². The van der Waals surface area contributed by atoms with E-state index in [4.69, 9.17) is 11.1 Å². The molecule has 2 rings (SSSR count). The second kappa shape index (κ2) is 7.73. The molecule has 0 aliphatic rings. The van der Waals surface area contributed by atoms with Crippen LogP contribution in [-0.2, 0) is 12.8 Å². The molecule has 0 aliphatic carbocycles. The minimum absolute atomic E-state index is 0.194. The second-order valence-electron chi connectivity index (χ2n) is 5.61. The highest BCUT2D eigenvalue weighted by molar-refractivity contribution is 6.13. The molecule has 0 saturated carbocycles. The van der Waals surface area contributed by atoms with E-state index in [9.17, 15) is 4.39 Å². The van der Waals surface area contributed by atoms with Gasteiger partial charge < -0.3 is 11.1 Å². The van der Waals surface area contributed by atoms with Crippen LogP contribution in [0.5, 0.6) is 0 Å². The van der Waals surface area contributed by atoms with Crippen LogP contribution in [0.2, 0.25) is 0 Å². The number of hydrogen-bond acceptors (Lipinski definition) is 2. The summed E-state index contributed by atoms with van der Waals surface area (Å²) in [6.45, 7) is 7.78. The molecule has 124 valence electrons. The third kappa shape index (κ3) is 3.62. The topological polar surface area (TPSA) is 49.9 Å². The first-order valence-electron chi connectivity index (χ1n) is 8.11. The van der Waals surface area contributed by atoms with E-state index in [-0.39, 0.29) is 5.82 Å². The van der Waals surface area contributed by atoms with E-state index in [0.29, 0.717) is 23.4 Å². The van der Waals surface area contributed by atoms with Crippen molar-refractivity contribution in [2.24, 2.45) is 0 Å². The Balaban J connectivity index is 2.38. The number of halogens is 1. The van der Waals surface area contributed by atoms with E-state index in [1.165, 1.54) is 6.07 Å². The molecule has 0 bridgehead atoms. The van der Waals surface area contributed by atoms with Gasteiger partial charge in [0.2, 0.25) is 0 Å². The molecule has 0 aromatic heterocycles. The minimum atomic E-state index is -0.194. The fourth-order valence-electron chi connectivity index (χ4n) is 2.80. The van der Waals surface area contributed by atoms with Gasteiger partial charge in [-0.15, -0.1) is 0 Å². The highest BCUT2D eigenvalue weighted by Crippen LogP contribution is 2.24. The van der Waals surface area contributed by atoms with Gasteiger partial charge in [-0.25, -0.2) is 4.39 Å². The predicted molar refractivity (Wildman–Crippen MR) is 102 cm³/mol. The molecule has 3 heteroatoms. The number of benzene rings is 2. The number of rotatable bonds is 6. The largest absolute Gasteiger partial charge is 0.398 e. The molecule has 0 amide bonds. The number of aryl methyl sites for hydroxylation is 1. The zero-order chi connectivity index (χ0) is 17.7. The van der Waals surface area contributed by atoms with Gasteiger partial charge in [-0.2, -0.15) is 0 Å². The van der Waals surface area contributed by atoms with E-state index in [1.807, 2.05) is 32.1 Å². The summed E-state index contributed by atoms with van der Waals surface area (Å²) in [6, 6.07) is 8.72. The van der Waals surface area contributed by atoms with E-state index in [0.717, 1.165) is 28.7 Å². The summed E-state index contributed by atoms with van der Waals surface area (Å²) in [5.74, 6) is -0.194. The molecule has 0 spiro atoms. The smallest absolute Gasteiger partial charge is 0.126 e. The Morgan fingerprint density at radius 3 is 2.58 bits per heavy atom. The van der Waals surface area contributed by atoms with E-state index in [2.05, 4.69) is 6.58 Å². The third-order valence-electron chi connectivity index (χ3n) is 4.12. The average molecular weight is 322 g/mol. The first-order chi connectivity index (χ1) is 11.5. The van der Waals surface area contributed by atoms with Gasteiger partial charge in [-0.3, -0.25) is 0 Å². The first-order valence-corrected chi connectivity index (χ1v) is 8.11. The standard InChI is InChI=1S/C21H23FN2/c1-4-15-9-12-20(24)21(17(15)6-3)19(23)11-8-14-7-10-18(22)16(5-2)13-14/h4,7-13,23H,1,5-6,24H2,2-3H3/b11-8+,23-19?. The summed E-state index contributed by atoms with van der Waals surface area (Å²) >= 11 is 0. The van der Waals surface area contributed by atoms with Crippen molar-refractivity contribution in [3.63, 3.8) is 0 Å². The van der Waals surface area contributed by atoms with Gasteiger partial charge in [0, 0.05) is 11.3 Å². The fraction of sp³-hybridized carbons (Fsp3) is 0.190. The van der Waals surface area contributed by atoms with E-state index < -0.39 is 0 Å². The molecule has 0 fully saturated rings. The molecular formula is C21H23FN2. The quantitative estimate of drug-likeness (QED) is 0.553. The molecule has 2 aromatic carbocycles. The Morgan fingerprint density at radius 1 is 1.21 bits per heavy atom. The first kappa shape index (κ1) is 17.7. The lowest BCUT2D eigenvalue weighted by atomic mass is 9.93. The van der Waals surface area contributed by atoms with Gasteiger partial charge in [0.05, 0.1) is 5.71 Å². The molecule has 0 saturated heterocycles. The maximum atomic E-state index is 13.6.